The molecule has 0 aromatic carbocycles. The van der Waals surface area contributed by atoms with Gasteiger partial charge in [-0.15, -0.1) is 0 Å². The highest BCUT2D eigenvalue weighted by Gasteiger charge is 2.41. The van der Waals surface area contributed by atoms with E-state index in [1.54, 1.807) is 0 Å². The fourth-order valence-corrected chi connectivity index (χ4v) is 3.04. The van der Waals surface area contributed by atoms with Gasteiger partial charge in [0.1, 0.15) is 0 Å². The Morgan fingerprint density at radius 2 is 1.35 bits per heavy atom. The first-order valence-corrected chi connectivity index (χ1v) is 6.87. The van der Waals surface area contributed by atoms with Crippen molar-refractivity contribution in [2.45, 2.75) is 56.5 Å². The fraction of sp³-hybridized carbons (Fsp3) is 1.00. The van der Waals surface area contributed by atoms with Crippen molar-refractivity contribution < 1.29 is 18.9 Å². The molecule has 1 aliphatic carbocycles. The van der Waals surface area contributed by atoms with Crippen LogP contribution in [0.1, 0.15) is 38.5 Å². The minimum absolute atomic E-state index is 0.254. The lowest BCUT2D eigenvalue weighted by Crippen LogP contribution is -2.39. The van der Waals surface area contributed by atoms with Crippen LogP contribution in [0.2, 0.25) is 0 Å². The average molecular weight is 242 g/mol. The first kappa shape index (κ1) is 11.9. The number of ether oxygens (including phenoxy) is 4. The summed E-state index contributed by atoms with van der Waals surface area (Å²) in [6, 6.07) is 0. The van der Waals surface area contributed by atoms with Gasteiger partial charge in [-0.1, -0.05) is 0 Å². The van der Waals surface area contributed by atoms with Crippen molar-refractivity contribution in [2.75, 3.05) is 26.4 Å². The van der Waals surface area contributed by atoms with Crippen molar-refractivity contribution >= 4 is 0 Å². The number of rotatable bonds is 2. The summed E-state index contributed by atoms with van der Waals surface area (Å²) >= 11 is 0. The van der Waals surface area contributed by atoms with E-state index in [0.29, 0.717) is 12.2 Å². The van der Waals surface area contributed by atoms with Crippen LogP contribution in [0.15, 0.2) is 0 Å². The van der Waals surface area contributed by atoms with Crippen molar-refractivity contribution in [3.05, 3.63) is 0 Å². The van der Waals surface area contributed by atoms with Crippen LogP contribution in [0, 0.1) is 0 Å². The summed E-state index contributed by atoms with van der Waals surface area (Å²) in [6.07, 6.45) is 7.02. The Hall–Kier alpha value is -0.160. The predicted octanol–water partition coefficient (Wildman–Crippen LogP) is 1.87. The van der Waals surface area contributed by atoms with Gasteiger partial charge in [-0.2, -0.15) is 0 Å². The Morgan fingerprint density at radius 1 is 0.765 bits per heavy atom. The van der Waals surface area contributed by atoms with Crippen molar-refractivity contribution in [3.8, 4) is 0 Å². The van der Waals surface area contributed by atoms with Crippen LogP contribution in [0.5, 0.6) is 0 Å². The minimum Gasteiger partial charge on any atom is -0.381 e. The van der Waals surface area contributed by atoms with Crippen molar-refractivity contribution in [1.82, 2.24) is 0 Å². The molecule has 0 unspecified atom stereocenters. The third-order valence-electron chi connectivity index (χ3n) is 4.06. The highest BCUT2D eigenvalue weighted by atomic mass is 16.7. The summed E-state index contributed by atoms with van der Waals surface area (Å²) in [5.74, 6) is -0.254. The molecule has 4 heteroatoms. The lowest BCUT2D eigenvalue weighted by atomic mass is 9.91. The van der Waals surface area contributed by atoms with Gasteiger partial charge in [-0.3, -0.25) is 0 Å². The second-order valence-electron chi connectivity index (χ2n) is 5.25. The second-order valence-corrected chi connectivity index (χ2v) is 5.25. The Bertz CT molecular complexity index is 234. The molecule has 2 aliphatic heterocycles. The molecular weight excluding hydrogens is 220 g/mol. The average Bonchev–Trinajstić information content (AvgIpc) is 2.83. The summed E-state index contributed by atoms with van der Waals surface area (Å²) in [4.78, 5) is 0. The lowest BCUT2D eigenvalue weighted by Gasteiger charge is -2.37. The van der Waals surface area contributed by atoms with Crippen molar-refractivity contribution in [3.63, 3.8) is 0 Å². The van der Waals surface area contributed by atoms with E-state index in [2.05, 4.69) is 0 Å². The quantitative estimate of drug-likeness (QED) is 0.740. The molecule has 0 radical (unpaired) electrons. The molecule has 0 amide bonds. The molecule has 98 valence electrons. The Kier molecular flexibility index (Phi) is 3.66. The van der Waals surface area contributed by atoms with E-state index in [4.69, 9.17) is 18.9 Å². The highest BCUT2D eigenvalue weighted by Crippen LogP contribution is 2.37. The Morgan fingerprint density at radius 3 is 2.00 bits per heavy atom. The zero-order valence-corrected chi connectivity index (χ0v) is 10.4. The summed E-state index contributed by atoms with van der Waals surface area (Å²) in [5.41, 5.74) is 0. The van der Waals surface area contributed by atoms with Crippen LogP contribution < -0.4 is 0 Å². The van der Waals surface area contributed by atoms with Gasteiger partial charge in [0.25, 0.3) is 0 Å². The van der Waals surface area contributed by atoms with Gasteiger partial charge >= 0.3 is 0 Å². The second kappa shape index (κ2) is 5.22. The standard InChI is InChI=1S/C13H22O4/c1-5-13(15-9-10-16-13)6-2-11(1)17-12-3-7-14-8-4-12/h11-12H,1-10H2. The molecule has 3 fully saturated rings. The largest absolute Gasteiger partial charge is 0.381 e. The Balaban J connectivity index is 1.44. The summed E-state index contributed by atoms with van der Waals surface area (Å²) in [7, 11) is 0. The van der Waals surface area contributed by atoms with E-state index in [9.17, 15) is 0 Å². The molecule has 17 heavy (non-hydrogen) atoms. The molecule has 0 atom stereocenters. The zero-order valence-electron chi connectivity index (χ0n) is 10.4. The third-order valence-corrected chi connectivity index (χ3v) is 4.06. The molecule has 2 heterocycles. The van der Waals surface area contributed by atoms with E-state index < -0.39 is 0 Å². The van der Waals surface area contributed by atoms with Gasteiger partial charge in [0.05, 0.1) is 25.4 Å². The molecule has 3 rings (SSSR count). The first-order chi connectivity index (χ1) is 8.36. The minimum atomic E-state index is -0.254. The van der Waals surface area contributed by atoms with Crippen LogP contribution in [0.3, 0.4) is 0 Å². The zero-order chi connectivity index (χ0) is 11.6. The third kappa shape index (κ3) is 2.81. The molecule has 2 saturated heterocycles. The summed E-state index contributed by atoms with van der Waals surface area (Å²) in [5, 5.41) is 0. The molecular formula is C13H22O4. The molecule has 1 spiro atoms. The van der Waals surface area contributed by atoms with Crippen LogP contribution in [-0.4, -0.2) is 44.4 Å². The van der Waals surface area contributed by atoms with Crippen LogP contribution in [0.25, 0.3) is 0 Å². The van der Waals surface area contributed by atoms with E-state index >= 15 is 0 Å². The molecule has 4 nitrogen and oxygen atoms in total. The van der Waals surface area contributed by atoms with Gasteiger partial charge in [-0.05, 0) is 25.7 Å². The van der Waals surface area contributed by atoms with Gasteiger partial charge in [0.2, 0.25) is 0 Å². The number of hydrogen-bond acceptors (Lipinski definition) is 4. The maximum Gasteiger partial charge on any atom is 0.168 e. The van der Waals surface area contributed by atoms with Crippen LogP contribution in [-0.2, 0) is 18.9 Å². The molecule has 3 aliphatic rings. The smallest absolute Gasteiger partial charge is 0.168 e. The first-order valence-electron chi connectivity index (χ1n) is 6.87. The van der Waals surface area contributed by atoms with Crippen molar-refractivity contribution in [2.24, 2.45) is 0 Å². The summed E-state index contributed by atoms with van der Waals surface area (Å²) < 4.78 is 22.9. The molecule has 0 aromatic heterocycles. The van der Waals surface area contributed by atoms with Crippen LogP contribution >= 0.6 is 0 Å². The van der Waals surface area contributed by atoms with E-state index in [1.165, 1.54) is 0 Å². The van der Waals surface area contributed by atoms with Crippen molar-refractivity contribution in [1.29, 1.82) is 0 Å². The predicted molar refractivity (Wildman–Crippen MR) is 61.8 cm³/mol. The molecule has 0 N–H and O–H groups in total. The summed E-state index contributed by atoms with van der Waals surface area (Å²) in [6.45, 7) is 3.22. The van der Waals surface area contributed by atoms with Gasteiger partial charge in [0, 0.05) is 26.1 Å². The number of hydrogen-bond donors (Lipinski definition) is 0. The molecule has 0 aromatic rings. The van der Waals surface area contributed by atoms with E-state index in [-0.39, 0.29) is 5.79 Å². The van der Waals surface area contributed by atoms with Gasteiger partial charge in [-0.25, -0.2) is 0 Å². The van der Waals surface area contributed by atoms with Crippen LogP contribution in [0.4, 0.5) is 0 Å². The fourth-order valence-electron chi connectivity index (χ4n) is 3.04. The SMILES string of the molecule is C1CC(OC2CCC3(CC2)OCCO3)CCO1. The normalized spacial score (nSPS) is 31.1. The maximum atomic E-state index is 6.14. The maximum absolute atomic E-state index is 6.14. The topological polar surface area (TPSA) is 36.9 Å². The molecule has 0 bridgehead atoms. The van der Waals surface area contributed by atoms with E-state index in [1.807, 2.05) is 0 Å². The van der Waals surface area contributed by atoms with Gasteiger partial charge in [0.15, 0.2) is 5.79 Å². The Labute approximate surface area is 103 Å². The van der Waals surface area contributed by atoms with E-state index in [0.717, 1.165) is 65.0 Å². The molecule has 1 saturated carbocycles. The lowest BCUT2D eigenvalue weighted by molar-refractivity contribution is -0.198. The van der Waals surface area contributed by atoms with Gasteiger partial charge < -0.3 is 18.9 Å². The monoisotopic (exact) mass is 242 g/mol. The highest BCUT2D eigenvalue weighted by molar-refractivity contribution is 4.83.